The number of hydrogen-bond acceptors (Lipinski definition) is 3. The topological polar surface area (TPSA) is 38.0 Å². The third-order valence-corrected chi connectivity index (χ3v) is 3.28. The summed E-state index contributed by atoms with van der Waals surface area (Å²) in [6.07, 6.45) is -2.18. The van der Waals surface area contributed by atoms with Crippen molar-refractivity contribution >= 4 is 27.3 Å². The van der Waals surface area contributed by atoms with Gasteiger partial charge in [0, 0.05) is 21.2 Å². The number of nitrogens with two attached hydrogens (primary N) is 1. The van der Waals surface area contributed by atoms with Crippen molar-refractivity contribution in [3.63, 3.8) is 0 Å². The van der Waals surface area contributed by atoms with Crippen molar-refractivity contribution in [2.24, 2.45) is 5.84 Å². The zero-order valence-corrected chi connectivity index (χ0v) is 9.04. The van der Waals surface area contributed by atoms with Crippen LogP contribution in [-0.2, 0) is 6.42 Å². The quantitative estimate of drug-likeness (QED) is 0.650. The first-order valence-electron chi connectivity index (χ1n) is 3.60. The summed E-state index contributed by atoms with van der Waals surface area (Å²) < 4.78 is 25.4. The molecule has 0 radical (unpaired) electrons. The van der Waals surface area contributed by atoms with Gasteiger partial charge in [0.15, 0.2) is 0 Å². The average molecular weight is 271 g/mol. The summed E-state index contributed by atoms with van der Waals surface area (Å²) in [6.45, 7) is 0. The monoisotopic (exact) mass is 270 g/mol. The van der Waals surface area contributed by atoms with Gasteiger partial charge in [-0.05, 0) is 22.0 Å². The van der Waals surface area contributed by atoms with Gasteiger partial charge in [0.2, 0.25) is 0 Å². The van der Waals surface area contributed by atoms with Gasteiger partial charge >= 0.3 is 0 Å². The van der Waals surface area contributed by atoms with Crippen LogP contribution in [0.2, 0.25) is 0 Å². The van der Waals surface area contributed by atoms with Crippen LogP contribution in [0.5, 0.6) is 0 Å². The maximum Gasteiger partial charge on any atom is 0.255 e. The first kappa shape index (κ1) is 11.0. The molecule has 1 heterocycles. The zero-order valence-electron chi connectivity index (χ0n) is 6.64. The van der Waals surface area contributed by atoms with Gasteiger partial charge in [0.05, 0.1) is 6.04 Å². The maximum atomic E-state index is 12.2. The van der Waals surface area contributed by atoms with Crippen LogP contribution in [0.15, 0.2) is 15.9 Å². The molecule has 0 aromatic carbocycles. The molecule has 1 aromatic rings. The summed E-state index contributed by atoms with van der Waals surface area (Å²) in [5.74, 6) is 4.99. The molecule has 0 saturated heterocycles. The number of alkyl halides is 2. The number of hydrogen-bond donors (Lipinski definition) is 2. The van der Waals surface area contributed by atoms with Crippen LogP contribution < -0.4 is 11.3 Å². The standard InChI is InChI=1S/C7H9BrF2N2S/c8-4-1-5(13-3-4)2-6(12-11)7(9)10/h1,3,6-7,12H,2,11H2. The lowest BCUT2D eigenvalue weighted by Gasteiger charge is -2.12. The number of thiophene rings is 1. The van der Waals surface area contributed by atoms with Crippen LogP contribution in [0.25, 0.3) is 0 Å². The smallest absolute Gasteiger partial charge is 0.255 e. The first-order chi connectivity index (χ1) is 6.13. The first-order valence-corrected chi connectivity index (χ1v) is 5.28. The Morgan fingerprint density at radius 2 is 2.31 bits per heavy atom. The SMILES string of the molecule is NNC(Cc1cc(Br)cs1)C(F)F. The summed E-state index contributed by atoms with van der Waals surface area (Å²) in [5, 5.41) is 1.86. The lowest BCUT2D eigenvalue weighted by molar-refractivity contribution is 0.0988. The van der Waals surface area contributed by atoms with E-state index in [2.05, 4.69) is 21.4 Å². The van der Waals surface area contributed by atoms with Crippen molar-refractivity contribution < 1.29 is 8.78 Å². The van der Waals surface area contributed by atoms with E-state index in [1.165, 1.54) is 11.3 Å². The zero-order chi connectivity index (χ0) is 9.84. The highest BCUT2D eigenvalue weighted by Gasteiger charge is 2.19. The van der Waals surface area contributed by atoms with Gasteiger partial charge in [-0.25, -0.2) is 8.78 Å². The highest BCUT2D eigenvalue weighted by atomic mass is 79.9. The Balaban J connectivity index is 2.56. The molecule has 3 N–H and O–H groups in total. The van der Waals surface area contributed by atoms with Crippen LogP contribution in [0.4, 0.5) is 8.78 Å². The number of hydrazine groups is 1. The summed E-state index contributed by atoms with van der Waals surface area (Å²) in [7, 11) is 0. The van der Waals surface area contributed by atoms with Gasteiger partial charge in [-0.2, -0.15) is 0 Å². The molecule has 1 aromatic heterocycles. The predicted molar refractivity (Wildman–Crippen MR) is 52.8 cm³/mol. The third-order valence-electron chi connectivity index (χ3n) is 1.56. The van der Waals surface area contributed by atoms with Crippen LogP contribution in [0, 0.1) is 0 Å². The molecule has 0 saturated carbocycles. The number of halogens is 3. The molecule has 0 fully saturated rings. The Bertz CT molecular complexity index is 267. The lowest BCUT2D eigenvalue weighted by atomic mass is 10.2. The lowest BCUT2D eigenvalue weighted by Crippen LogP contribution is -2.41. The molecule has 13 heavy (non-hydrogen) atoms. The van der Waals surface area contributed by atoms with E-state index in [4.69, 9.17) is 5.84 Å². The molecule has 6 heteroatoms. The van der Waals surface area contributed by atoms with Gasteiger partial charge in [0.25, 0.3) is 6.43 Å². The predicted octanol–water partition coefficient (Wildman–Crippen LogP) is 2.15. The van der Waals surface area contributed by atoms with Gasteiger partial charge in [-0.1, -0.05) is 0 Å². The van der Waals surface area contributed by atoms with E-state index < -0.39 is 12.5 Å². The van der Waals surface area contributed by atoms with Crippen molar-refractivity contribution in [3.8, 4) is 0 Å². The summed E-state index contributed by atoms with van der Waals surface area (Å²) in [6, 6.07) is 0.850. The molecule has 0 amide bonds. The summed E-state index contributed by atoms with van der Waals surface area (Å²) in [4.78, 5) is 0.884. The van der Waals surface area contributed by atoms with E-state index in [0.29, 0.717) is 0 Å². The molecule has 0 aliphatic rings. The van der Waals surface area contributed by atoms with Gasteiger partial charge in [0.1, 0.15) is 0 Å². The van der Waals surface area contributed by atoms with E-state index in [9.17, 15) is 8.78 Å². The van der Waals surface area contributed by atoms with E-state index in [0.717, 1.165) is 9.35 Å². The van der Waals surface area contributed by atoms with Crippen molar-refractivity contribution in [3.05, 3.63) is 20.8 Å². The van der Waals surface area contributed by atoms with E-state index in [-0.39, 0.29) is 6.42 Å². The van der Waals surface area contributed by atoms with Crippen molar-refractivity contribution in [1.82, 2.24) is 5.43 Å². The summed E-state index contributed by atoms with van der Waals surface area (Å²) >= 11 is 4.69. The second-order valence-corrected chi connectivity index (χ2v) is 4.45. The second kappa shape index (κ2) is 4.99. The maximum absolute atomic E-state index is 12.2. The largest absolute Gasteiger partial charge is 0.271 e. The van der Waals surface area contributed by atoms with Crippen LogP contribution >= 0.6 is 27.3 Å². The fourth-order valence-corrected chi connectivity index (χ4v) is 2.41. The fraction of sp³-hybridized carbons (Fsp3) is 0.429. The van der Waals surface area contributed by atoms with Gasteiger partial charge < -0.3 is 0 Å². The molecule has 2 nitrogen and oxygen atoms in total. The molecular weight excluding hydrogens is 262 g/mol. The molecule has 0 aliphatic heterocycles. The Labute approximate surface area is 87.2 Å². The summed E-state index contributed by atoms with van der Waals surface area (Å²) in [5.41, 5.74) is 2.10. The molecule has 1 atom stereocenters. The second-order valence-electron chi connectivity index (χ2n) is 2.54. The molecule has 0 spiro atoms. The fourth-order valence-electron chi connectivity index (χ4n) is 0.898. The van der Waals surface area contributed by atoms with Crippen molar-refractivity contribution in [2.45, 2.75) is 18.9 Å². The molecular formula is C7H9BrF2N2S. The highest BCUT2D eigenvalue weighted by molar-refractivity contribution is 9.10. The minimum absolute atomic E-state index is 0.254. The Morgan fingerprint density at radius 1 is 1.62 bits per heavy atom. The van der Waals surface area contributed by atoms with E-state index >= 15 is 0 Å². The Hall–Kier alpha value is -0.0400. The molecule has 0 aliphatic carbocycles. The van der Waals surface area contributed by atoms with Crippen LogP contribution in [0.3, 0.4) is 0 Å². The molecule has 1 rings (SSSR count). The van der Waals surface area contributed by atoms with Crippen molar-refractivity contribution in [1.29, 1.82) is 0 Å². The third kappa shape index (κ3) is 3.30. The molecule has 74 valence electrons. The van der Waals surface area contributed by atoms with E-state index in [1.807, 2.05) is 11.4 Å². The normalized spacial score (nSPS) is 13.6. The Morgan fingerprint density at radius 3 is 2.69 bits per heavy atom. The Kier molecular flexibility index (Phi) is 4.24. The minimum atomic E-state index is -2.44. The molecule has 0 bridgehead atoms. The van der Waals surface area contributed by atoms with E-state index in [1.54, 1.807) is 0 Å². The van der Waals surface area contributed by atoms with Crippen LogP contribution in [-0.4, -0.2) is 12.5 Å². The van der Waals surface area contributed by atoms with Gasteiger partial charge in [-0.15, -0.1) is 11.3 Å². The molecule has 1 unspecified atom stereocenters. The number of nitrogens with one attached hydrogen (secondary N) is 1. The minimum Gasteiger partial charge on any atom is -0.271 e. The van der Waals surface area contributed by atoms with Crippen LogP contribution in [0.1, 0.15) is 4.88 Å². The van der Waals surface area contributed by atoms with Gasteiger partial charge in [-0.3, -0.25) is 11.3 Å². The number of rotatable bonds is 4. The average Bonchev–Trinajstić information content (AvgIpc) is 2.46. The van der Waals surface area contributed by atoms with Crippen molar-refractivity contribution in [2.75, 3.05) is 0 Å². The highest BCUT2D eigenvalue weighted by Crippen LogP contribution is 2.21.